The molecule has 1 aromatic rings. The summed E-state index contributed by atoms with van der Waals surface area (Å²) in [6.07, 6.45) is 4.92. The monoisotopic (exact) mass is 282 g/mol. The fraction of sp³-hybridized carbons (Fsp3) is 0.714. The SMILES string of the molecule is CCc1c(Cl)ncnc1NCC1CCN(CC)CC1. The van der Waals surface area contributed by atoms with E-state index in [0.29, 0.717) is 5.15 Å². The van der Waals surface area contributed by atoms with Gasteiger partial charge in [-0.3, -0.25) is 0 Å². The molecule has 4 nitrogen and oxygen atoms in total. The maximum Gasteiger partial charge on any atom is 0.137 e. The van der Waals surface area contributed by atoms with E-state index in [9.17, 15) is 0 Å². The Hall–Kier alpha value is -0.870. The van der Waals surface area contributed by atoms with Gasteiger partial charge in [-0.05, 0) is 44.8 Å². The lowest BCUT2D eigenvalue weighted by atomic mass is 9.97. The average Bonchev–Trinajstić information content (AvgIpc) is 2.45. The number of piperidine rings is 1. The summed E-state index contributed by atoms with van der Waals surface area (Å²) in [5, 5.41) is 4.02. The molecule has 0 atom stereocenters. The molecule has 1 aromatic heterocycles. The average molecular weight is 283 g/mol. The van der Waals surface area contributed by atoms with Gasteiger partial charge in [0, 0.05) is 12.1 Å². The van der Waals surface area contributed by atoms with Crippen molar-refractivity contribution in [3.8, 4) is 0 Å². The third-order valence-electron chi connectivity index (χ3n) is 3.96. The molecule has 0 saturated carbocycles. The Morgan fingerprint density at radius 1 is 1.32 bits per heavy atom. The molecular formula is C14H23ClN4. The molecule has 0 spiro atoms. The number of aromatic nitrogens is 2. The Bertz CT molecular complexity index is 402. The molecule has 0 unspecified atom stereocenters. The van der Waals surface area contributed by atoms with Gasteiger partial charge in [-0.15, -0.1) is 0 Å². The lowest BCUT2D eigenvalue weighted by Gasteiger charge is -2.31. The van der Waals surface area contributed by atoms with Crippen molar-refractivity contribution in [2.24, 2.45) is 5.92 Å². The smallest absolute Gasteiger partial charge is 0.137 e. The van der Waals surface area contributed by atoms with Gasteiger partial charge in [0.05, 0.1) is 0 Å². The Labute approximate surface area is 120 Å². The van der Waals surface area contributed by atoms with Crippen LogP contribution in [0.4, 0.5) is 5.82 Å². The first-order chi connectivity index (χ1) is 9.24. The van der Waals surface area contributed by atoms with Crippen LogP contribution in [0.25, 0.3) is 0 Å². The maximum atomic E-state index is 6.09. The molecule has 1 aliphatic rings. The van der Waals surface area contributed by atoms with E-state index in [1.54, 1.807) is 0 Å². The molecule has 1 fully saturated rings. The highest BCUT2D eigenvalue weighted by Gasteiger charge is 2.18. The Balaban J connectivity index is 1.88. The van der Waals surface area contributed by atoms with Gasteiger partial charge >= 0.3 is 0 Å². The Kier molecular flexibility index (Phi) is 5.40. The standard InChI is InChI=1S/C14H23ClN4/c1-3-12-13(15)17-10-18-14(12)16-9-11-5-7-19(4-2)8-6-11/h10-11H,3-9H2,1-2H3,(H,16,17,18). The predicted molar refractivity (Wildman–Crippen MR) is 79.7 cm³/mol. The zero-order valence-electron chi connectivity index (χ0n) is 11.8. The van der Waals surface area contributed by atoms with Crippen molar-refractivity contribution in [3.63, 3.8) is 0 Å². The van der Waals surface area contributed by atoms with Crippen LogP contribution in [0.2, 0.25) is 5.15 Å². The van der Waals surface area contributed by atoms with E-state index in [2.05, 4.69) is 34.0 Å². The van der Waals surface area contributed by atoms with E-state index in [1.807, 2.05) is 0 Å². The molecule has 2 rings (SSSR count). The van der Waals surface area contributed by atoms with Crippen LogP contribution < -0.4 is 5.32 Å². The van der Waals surface area contributed by atoms with Crippen molar-refractivity contribution >= 4 is 17.4 Å². The second-order valence-corrected chi connectivity index (χ2v) is 5.46. The number of hydrogen-bond acceptors (Lipinski definition) is 4. The lowest BCUT2D eigenvalue weighted by Crippen LogP contribution is -2.35. The van der Waals surface area contributed by atoms with E-state index >= 15 is 0 Å². The number of anilines is 1. The fourth-order valence-corrected chi connectivity index (χ4v) is 2.87. The number of likely N-dealkylation sites (tertiary alicyclic amines) is 1. The minimum absolute atomic E-state index is 0.570. The molecule has 0 aromatic carbocycles. The molecule has 5 heteroatoms. The van der Waals surface area contributed by atoms with Crippen molar-refractivity contribution < 1.29 is 0 Å². The first-order valence-corrected chi connectivity index (χ1v) is 7.58. The largest absolute Gasteiger partial charge is 0.369 e. The topological polar surface area (TPSA) is 41.1 Å². The van der Waals surface area contributed by atoms with Crippen LogP contribution in [0.1, 0.15) is 32.3 Å². The van der Waals surface area contributed by atoms with Crippen LogP contribution >= 0.6 is 11.6 Å². The quantitative estimate of drug-likeness (QED) is 0.843. The molecule has 1 aliphatic heterocycles. The highest BCUT2D eigenvalue weighted by Crippen LogP contribution is 2.22. The minimum Gasteiger partial charge on any atom is -0.369 e. The Morgan fingerprint density at radius 3 is 2.68 bits per heavy atom. The zero-order valence-corrected chi connectivity index (χ0v) is 12.6. The van der Waals surface area contributed by atoms with E-state index in [4.69, 9.17) is 11.6 Å². The first kappa shape index (κ1) is 14.5. The van der Waals surface area contributed by atoms with Gasteiger partial charge in [-0.2, -0.15) is 0 Å². The summed E-state index contributed by atoms with van der Waals surface area (Å²) in [5.74, 6) is 1.64. The summed E-state index contributed by atoms with van der Waals surface area (Å²) < 4.78 is 0. The third kappa shape index (κ3) is 3.80. The Morgan fingerprint density at radius 2 is 2.05 bits per heavy atom. The number of halogens is 1. The zero-order chi connectivity index (χ0) is 13.7. The van der Waals surface area contributed by atoms with Gasteiger partial charge in [0.25, 0.3) is 0 Å². The summed E-state index contributed by atoms with van der Waals surface area (Å²) in [4.78, 5) is 10.9. The van der Waals surface area contributed by atoms with E-state index in [-0.39, 0.29) is 0 Å². The summed E-state index contributed by atoms with van der Waals surface area (Å²) in [6.45, 7) is 8.89. The van der Waals surface area contributed by atoms with E-state index in [1.165, 1.54) is 38.8 Å². The van der Waals surface area contributed by atoms with Crippen molar-refractivity contribution in [2.45, 2.75) is 33.1 Å². The van der Waals surface area contributed by atoms with E-state index < -0.39 is 0 Å². The second kappa shape index (κ2) is 7.06. The van der Waals surface area contributed by atoms with Gasteiger partial charge < -0.3 is 10.2 Å². The van der Waals surface area contributed by atoms with Crippen LogP contribution in [-0.4, -0.2) is 41.0 Å². The highest BCUT2D eigenvalue weighted by molar-refractivity contribution is 6.30. The lowest BCUT2D eigenvalue weighted by molar-refractivity contribution is 0.198. The maximum absolute atomic E-state index is 6.09. The molecule has 0 radical (unpaired) electrons. The molecule has 2 heterocycles. The van der Waals surface area contributed by atoms with Crippen LogP contribution in [-0.2, 0) is 6.42 Å². The summed E-state index contributed by atoms with van der Waals surface area (Å²) in [5.41, 5.74) is 1.02. The molecule has 0 aliphatic carbocycles. The van der Waals surface area contributed by atoms with Crippen LogP contribution in [0, 0.1) is 5.92 Å². The normalized spacial score (nSPS) is 17.6. The molecule has 1 saturated heterocycles. The highest BCUT2D eigenvalue weighted by atomic mass is 35.5. The van der Waals surface area contributed by atoms with Gasteiger partial charge in [0.15, 0.2) is 0 Å². The number of nitrogens with zero attached hydrogens (tertiary/aromatic N) is 3. The second-order valence-electron chi connectivity index (χ2n) is 5.10. The van der Waals surface area contributed by atoms with E-state index in [0.717, 1.165) is 30.3 Å². The predicted octanol–water partition coefficient (Wildman–Crippen LogP) is 2.84. The molecule has 19 heavy (non-hydrogen) atoms. The minimum atomic E-state index is 0.570. The van der Waals surface area contributed by atoms with Crippen LogP contribution in [0.5, 0.6) is 0 Å². The summed E-state index contributed by atoms with van der Waals surface area (Å²) >= 11 is 6.09. The van der Waals surface area contributed by atoms with Crippen LogP contribution in [0.3, 0.4) is 0 Å². The van der Waals surface area contributed by atoms with Gasteiger partial charge in [-0.1, -0.05) is 25.4 Å². The molecular weight excluding hydrogens is 260 g/mol. The van der Waals surface area contributed by atoms with Gasteiger partial charge in [0.1, 0.15) is 17.3 Å². The third-order valence-corrected chi connectivity index (χ3v) is 4.28. The molecule has 0 bridgehead atoms. The molecule has 1 N–H and O–H groups in total. The van der Waals surface area contributed by atoms with Gasteiger partial charge in [-0.25, -0.2) is 9.97 Å². The first-order valence-electron chi connectivity index (χ1n) is 7.20. The summed E-state index contributed by atoms with van der Waals surface area (Å²) in [6, 6.07) is 0. The summed E-state index contributed by atoms with van der Waals surface area (Å²) in [7, 11) is 0. The van der Waals surface area contributed by atoms with Crippen molar-refractivity contribution in [1.29, 1.82) is 0 Å². The molecule has 106 valence electrons. The van der Waals surface area contributed by atoms with Crippen molar-refractivity contribution in [2.75, 3.05) is 31.5 Å². The van der Waals surface area contributed by atoms with Crippen molar-refractivity contribution in [3.05, 3.63) is 17.0 Å². The van der Waals surface area contributed by atoms with Gasteiger partial charge in [0.2, 0.25) is 0 Å². The number of rotatable bonds is 5. The number of nitrogens with one attached hydrogen (secondary N) is 1. The van der Waals surface area contributed by atoms with Crippen molar-refractivity contribution in [1.82, 2.24) is 14.9 Å². The fourth-order valence-electron chi connectivity index (χ4n) is 2.60. The number of hydrogen-bond donors (Lipinski definition) is 1. The molecule has 0 amide bonds. The van der Waals surface area contributed by atoms with Crippen LogP contribution in [0.15, 0.2) is 6.33 Å².